The van der Waals surface area contributed by atoms with Crippen molar-refractivity contribution in [3.8, 4) is 0 Å². The largest absolute Gasteiger partial charge is 0.410 e. The quantitative estimate of drug-likeness (QED) is 0.567. The summed E-state index contributed by atoms with van der Waals surface area (Å²) in [5, 5.41) is 9.31. The lowest BCUT2D eigenvalue weighted by atomic mass is 10.1. The lowest BCUT2D eigenvalue weighted by Crippen LogP contribution is -2.44. The Morgan fingerprint density at radius 3 is 2.16 bits per heavy atom. The highest BCUT2D eigenvalue weighted by molar-refractivity contribution is 6.74. The normalized spacial score (nSPS) is 16.7. The maximum absolute atomic E-state index is 9.09. The number of hydrogen-bond donors (Lipinski definition) is 1. The molecule has 0 aromatic rings. The van der Waals surface area contributed by atoms with Gasteiger partial charge in [-0.25, -0.2) is 0 Å². The molecule has 0 unspecified atom stereocenters. The molecule has 0 amide bonds. The van der Waals surface area contributed by atoms with Gasteiger partial charge in [0, 0.05) is 0 Å². The molecule has 1 N–H and O–H groups in total. The first-order valence-corrected chi connectivity index (χ1v) is 10.0. The second-order valence-electron chi connectivity index (χ2n) is 6.84. The van der Waals surface area contributed by atoms with Crippen molar-refractivity contribution >= 4 is 8.32 Å². The van der Waals surface area contributed by atoms with Gasteiger partial charge in [0.1, 0.15) is 0 Å². The molecule has 2 nitrogen and oxygen atoms in total. The van der Waals surface area contributed by atoms with Crippen molar-refractivity contribution < 1.29 is 9.53 Å². The van der Waals surface area contributed by atoms with Gasteiger partial charge in [0.15, 0.2) is 8.32 Å². The molecule has 1 atom stereocenters. The minimum atomic E-state index is -1.76. The summed E-state index contributed by atoms with van der Waals surface area (Å²) in [4.78, 5) is 0. The number of allylic oxidation sites excluding steroid dienone is 1. The van der Waals surface area contributed by atoms with E-state index in [0.29, 0.717) is 0 Å². The fourth-order valence-electron chi connectivity index (χ4n) is 1.42. The van der Waals surface area contributed by atoms with E-state index in [1.165, 1.54) is 5.57 Å². The minimum absolute atomic E-state index is 0.127. The van der Waals surface area contributed by atoms with Gasteiger partial charge in [0.25, 0.3) is 0 Å². The first-order chi connectivity index (χ1) is 8.55. The zero-order valence-corrected chi connectivity index (χ0v) is 15.0. The Bertz CT molecular complexity index is 335. The summed E-state index contributed by atoms with van der Waals surface area (Å²) in [5.74, 6) is 0. The summed E-state index contributed by atoms with van der Waals surface area (Å²) in [5.41, 5.74) is 2.28. The van der Waals surface area contributed by atoms with Crippen LogP contribution in [-0.4, -0.2) is 26.1 Å². The fourth-order valence-corrected chi connectivity index (χ4v) is 2.77. The van der Waals surface area contributed by atoms with E-state index in [1.807, 2.05) is 6.92 Å². The molecular formula is C16H32O2Si. The van der Waals surface area contributed by atoms with Gasteiger partial charge < -0.3 is 9.53 Å². The van der Waals surface area contributed by atoms with E-state index in [0.717, 1.165) is 12.0 Å². The average Bonchev–Trinajstić information content (AvgIpc) is 2.31. The van der Waals surface area contributed by atoms with Gasteiger partial charge in [-0.05, 0) is 50.9 Å². The summed E-state index contributed by atoms with van der Waals surface area (Å²) in [6.45, 7) is 17.6. The predicted molar refractivity (Wildman–Crippen MR) is 87.0 cm³/mol. The molecule has 0 radical (unpaired) electrons. The summed E-state index contributed by atoms with van der Waals surface area (Å²) < 4.78 is 6.49. The molecule has 3 heteroatoms. The molecule has 0 aliphatic rings. The third-order valence-electron chi connectivity index (χ3n) is 4.14. The first kappa shape index (κ1) is 18.6. The number of rotatable bonds is 6. The summed E-state index contributed by atoms with van der Waals surface area (Å²) in [6.07, 6.45) is 5.19. The monoisotopic (exact) mass is 284 g/mol. The van der Waals surface area contributed by atoms with Crippen molar-refractivity contribution in [2.24, 2.45) is 0 Å². The van der Waals surface area contributed by atoms with E-state index in [2.05, 4.69) is 59.9 Å². The van der Waals surface area contributed by atoms with Crippen molar-refractivity contribution in [1.29, 1.82) is 0 Å². The highest BCUT2D eigenvalue weighted by Crippen LogP contribution is 2.38. The average molecular weight is 285 g/mol. The van der Waals surface area contributed by atoms with E-state index in [4.69, 9.17) is 9.53 Å². The van der Waals surface area contributed by atoms with Crippen LogP contribution in [0.4, 0.5) is 0 Å². The van der Waals surface area contributed by atoms with Gasteiger partial charge in [-0.15, -0.1) is 0 Å². The smallest absolute Gasteiger partial charge is 0.192 e. The zero-order valence-electron chi connectivity index (χ0n) is 14.0. The Balaban J connectivity index is 5.00. The van der Waals surface area contributed by atoms with Crippen LogP contribution in [0.15, 0.2) is 23.3 Å². The van der Waals surface area contributed by atoms with Crippen molar-refractivity contribution in [3.63, 3.8) is 0 Å². The van der Waals surface area contributed by atoms with E-state index in [9.17, 15) is 0 Å². The van der Waals surface area contributed by atoms with Crippen molar-refractivity contribution in [3.05, 3.63) is 23.3 Å². The maximum atomic E-state index is 9.09. The SMILES string of the molecule is C/C=C(/C)[C@@H](C/C=C(\C)CO)O[Si](C)(C)C(C)(C)C. The molecule has 0 aromatic carbocycles. The van der Waals surface area contributed by atoms with Gasteiger partial charge in [-0.2, -0.15) is 0 Å². The van der Waals surface area contributed by atoms with Gasteiger partial charge >= 0.3 is 0 Å². The van der Waals surface area contributed by atoms with Gasteiger partial charge in [-0.1, -0.05) is 38.5 Å². The Morgan fingerprint density at radius 2 is 1.79 bits per heavy atom. The summed E-state index contributed by atoms with van der Waals surface area (Å²) >= 11 is 0. The van der Waals surface area contributed by atoms with E-state index < -0.39 is 8.32 Å². The zero-order chi connectivity index (χ0) is 15.3. The van der Waals surface area contributed by atoms with E-state index in [-0.39, 0.29) is 17.7 Å². The van der Waals surface area contributed by atoms with Crippen LogP contribution in [0.2, 0.25) is 18.1 Å². The Hall–Kier alpha value is -0.383. The van der Waals surface area contributed by atoms with Crippen molar-refractivity contribution in [2.45, 2.75) is 72.2 Å². The summed E-state index contributed by atoms with van der Waals surface area (Å²) in [6, 6.07) is 0. The lowest BCUT2D eigenvalue weighted by Gasteiger charge is -2.39. The number of hydrogen-bond acceptors (Lipinski definition) is 2. The van der Waals surface area contributed by atoms with Crippen LogP contribution in [0.1, 0.15) is 48.0 Å². The molecule has 0 bridgehead atoms. The van der Waals surface area contributed by atoms with Gasteiger partial charge in [0.2, 0.25) is 0 Å². The second kappa shape index (κ2) is 7.41. The van der Waals surface area contributed by atoms with Crippen molar-refractivity contribution in [1.82, 2.24) is 0 Å². The molecule has 0 heterocycles. The Kier molecular flexibility index (Phi) is 7.26. The maximum Gasteiger partial charge on any atom is 0.192 e. The highest BCUT2D eigenvalue weighted by atomic mass is 28.4. The number of aliphatic hydroxyl groups excluding tert-OH is 1. The van der Waals surface area contributed by atoms with Crippen LogP contribution in [0, 0.1) is 0 Å². The lowest BCUT2D eigenvalue weighted by molar-refractivity contribution is 0.216. The number of aliphatic hydroxyl groups is 1. The molecule has 0 aliphatic heterocycles. The molecule has 0 spiro atoms. The topological polar surface area (TPSA) is 29.5 Å². The second-order valence-corrected chi connectivity index (χ2v) is 11.6. The Labute approximate surface area is 120 Å². The molecule has 19 heavy (non-hydrogen) atoms. The van der Waals surface area contributed by atoms with Gasteiger partial charge in [-0.3, -0.25) is 0 Å². The van der Waals surface area contributed by atoms with Crippen LogP contribution < -0.4 is 0 Å². The molecule has 0 rings (SSSR count). The highest BCUT2D eigenvalue weighted by Gasteiger charge is 2.39. The predicted octanol–water partition coefficient (Wildman–Crippen LogP) is 4.67. The molecule has 0 aromatic heterocycles. The van der Waals surface area contributed by atoms with Crippen LogP contribution in [-0.2, 0) is 4.43 Å². The third kappa shape index (κ3) is 6.06. The fraction of sp³-hybridized carbons (Fsp3) is 0.750. The Morgan fingerprint density at radius 1 is 1.26 bits per heavy atom. The van der Waals surface area contributed by atoms with Crippen molar-refractivity contribution in [2.75, 3.05) is 6.61 Å². The first-order valence-electron chi connectivity index (χ1n) is 7.12. The van der Waals surface area contributed by atoms with Crippen LogP contribution >= 0.6 is 0 Å². The van der Waals surface area contributed by atoms with Crippen LogP contribution in [0.5, 0.6) is 0 Å². The van der Waals surface area contributed by atoms with Crippen LogP contribution in [0.25, 0.3) is 0 Å². The van der Waals surface area contributed by atoms with E-state index in [1.54, 1.807) is 0 Å². The third-order valence-corrected chi connectivity index (χ3v) is 8.62. The minimum Gasteiger partial charge on any atom is -0.410 e. The summed E-state index contributed by atoms with van der Waals surface area (Å²) in [7, 11) is -1.76. The van der Waals surface area contributed by atoms with E-state index >= 15 is 0 Å². The van der Waals surface area contributed by atoms with Gasteiger partial charge in [0.05, 0.1) is 12.7 Å². The molecule has 0 saturated carbocycles. The molecule has 0 aliphatic carbocycles. The molecule has 112 valence electrons. The molecule has 0 fully saturated rings. The standard InChI is InChI=1S/C16H32O2Si/c1-9-14(3)15(11-10-13(2)12-17)18-19(7,8)16(4,5)6/h9-10,15,17H,11-12H2,1-8H3/b13-10+,14-9-/t15-/m1/s1. The molecule has 0 saturated heterocycles. The molecular weight excluding hydrogens is 252 g/mol. The van der Waals surface area contributed by atoms with Crippen LogP contribution in [0.3, 0.4) is 0 Å².